The monoisotopic (exact) mass is 254 g/mol. The average Bonchev–Trinajstić information content (AvgIpc) is 2.31. The van der Waals surface area contributed by atoms with Crippen molar-refractivity contribution in [2.45, 2.75) is 13.8 Å². The molecule has 92 valence electrons. The van der Waals surface area contributed by atoms with Gasteiger partial charge in [0.1, 0.15) is 5.84 Å². The predicted octanol–water partition coefficient (Wildman–Crippen LogP) is 2.40. The van der Waals surface area contributed by atoms with Gasteiger partial charge in [-0.15, -0.1) is 11.6 Å². The summed E-state index contributed by atoms with van der Waals surface area (Å²) < 4.78 is 4.95. The van der Waals surface area contributed by atoms with E-state index in [1.54, 1.807) is 25.1 Å². The molecule has 5 heteroatoms. The second-order valence-electron chi connectivity index (χ2n) is 3.46. The number of halogens is 1. The number of esters is 1. The van der Waals surface area contributed by atoms with Crippen LogP contribution in [0.5, 0.6) is 0 Å². The summed E-state index contributed by atoms with van der Waals surface area (Å²) in [5.74, 6) is 0.111. The van der Waals surface area contributed by atoms with Crippen molar-refractivity contribution in [1.82, 2.24) is 0 Å². The number of ether oxygens (including phenoxy) is 1. The summed E-state index contributed by atoms with van der Waals surface area (Å²) in [5.41, 5.74) is 7.46. The number of benzene rings is 1. The van der Waals surface area contributed by atoms with E-state index in [1.165, 1.54) is 0 Å². The zero-order valence-electron chi connectivity index (χ0n) is 9.87. The Balaban J connectivity index is 3.06. The second-order valence-corrected chi connectivity index (χ2v) is 3.72. The van der Waals surface area contributed by atoms with E-state index in [0.717, 1.165) is 5.56 Å². The molecule has 0 aromatic heterocycles. The summed E-state index contributed by atoms with van der Waals surface area (Å²) in [7, 11) is 0. The molecule has 0 saturated heterocycles. The van der Waals surface area contributed by atoms with Gasteiger partial charge in [0.25, 0.3) is 0 Å². The van der Waals surface area contributed by atoms with Crippen LogP contribution in [0.4, 0.5) is 5.69 Å². The van der Waals surface area contributed by atoms with E-state index in [2.05, 4.69) is 4.99 Å². The lowest BCUT2D eigenvalue weighted by atomic mass is 10.1. The highest BCUT2D eigenvalue weighted by Gasteiger charge is 2.10. The van der Waals surface area contributed by atoms with Crippen LogP contribution in [0.2, 0.25) is 0 Å². The Morgan fingerprint density at radius 2 is 2.24 bits per heavy atom. The maximum absolute atomic E-state index is 11.6. The van der Waals surface area contributed by atoms with Crippen LogP contribution >= 0.6 is 11.6 Å². The average molecular weight is 255 g/mol. The fourth-order valence-electron chi connectivity index (χ4n) is 1.30. The molecule has 0 aliphatic rings. The molecule has 0 fully saturated rings. The van der Waals surface area contributed by atoms with Crippen molar-refractivity contribution in [2.75, 3.05) is 12.5 Å². The van der Waals surface area contributed by atoms with Crippen LogP contribution in [0.1, 0.15) is 22.8 Å². The van der Waals surface area contributed by atoms with E-state index < -0.39 is 0 Å². The molecule has 1 aromatic carbocycles. The number of nitrogens with two attached hydrogens (primary N) is 1. The van der Waals surface area contributed by atoms with Gasteiger partial charge in [0.2, 0.25) is 0 Å². The molecule has 1 aromatic rings. The number of rotatable bonds is 4. The van der Waals surface area contributed by atoms with Crippen molar-refractivity contribution in [3.05, 3.63) is 29.3 Å². The van der Waals surface area contributed by atoms with Crippen molar-refractivity contribution < 1.29 is 9.53 Å². The lowest BCUT2D eigenvalue weighted by Gasteiger charge is -2.06. The number of carbonyl (C=O) groups excluding carboxylic acids is 1. The minimum absolute atomic E-state index is 0.155. The molecular weight excluding hydrogens is 240 g/mol. The molecule has 17 heavy (non-hydrogen) atoms. The van der Waals surface area contributed by atoms with Crippen LogP contribution in [-0.2, 0) is 4.74 Å². The van der Waals surface area contributed by atoms with Gasteiger partial charge in [-0.25, -0.2) is 9.79 Å². The Kier molecular flexibility index (Phi) is 4.97. The number of aryl methyl sites for hydroxylation is 1. The van der Waals surface area contributed by atoms with Crippen LogP contribution in [0.15, 0.2) is 23.2 Å². The maximum Gasteiger partial charge on any atom is 0.338 e. The molecule has 1 rings (SSSR count). The first-order chi connectivity index (χ1) is 8.08. The Hall–Kier alpha value is -1.55. The van der Waals surface area contributed by atoms with Crippen molar-refractivity contribution in [3.63, 3.8) is 0 Å². The lowest BCUT2D eigenvalue weighted by Crippen LogP contribution is -2.12. The summed E-state index contributed by atoms with van der Waals surface area (Å²) in [6, 6.07) is 5.22. The van der Waals surface area contributed by atoms with Gasteiger partial charge < -0.3 is 10.5 Å². The zero-order chi connectivity index (χ0) is 12.8. The molecule has 2 N–H and O–H groups in total. The van der Waals surface area contributed by atoms with Gasteiger partial charge in [0, 0.05) is 0 Å². The van der Waals surface area contributed by atoms with Crippen LogP contribution in [0, 0.1) is 6.92 Å². The van der Waals surface area contributed by atoms with E-state index in [-0.39, 0.29) is 11.8 Å². The molecule has 0 spiro atoms. The van der Waals surface area contributed by atoms with Gasteiger partial charge in [-0.05, 0) is 31.5 Å². The van der Waals surface area contributed by atoms with E-state index >= 15 is 0 Å². The maximum atomic E-state index is 11.6. The molecule has 4 nitrogen and oxygen atoms in total. The Bertz CT molecular complexity index is 444. The molecule has 0 heterocycles. The minimum atomic E-state index is -0.355. The summed E-state index contributed by atoms with van der Waals surface area (Å²) in [4.78, 5) is 15.7. The Labute approximate surface area is 105 Å². The zero-order valence-corrected chi connectivity index (χ0v) is 10.6. The van der Waals surface area contributed by atoms with Crippen LogP contribution in [0.3, 0.4) is 0 Å². The number of hydrogen-bond donors (Lipinski definition) is 1. The fourth-order valence-corrected chi connectivity index (χ4v) is 1.36. The molecule has 0 aliphatic carbocycles. The fraction of sp³-hybridized carbons (Fsp3) is 0.333. The predicted molar refractivity (Wildman–Crippen MR) is 69.1 cm³/mol. The summed E-state index contributed by atoms with van der Waals surface area (Å²) in [6.45, 7) is 3.95. The molecule has 0 saturated carbocycles. The highest BCUT2D eigenvalue weighted by atomic mass is 35.5. The first kappa shape index (κ1) is 13.5. The van der Waals surface area contributed by atoms with E-state index in [9.17, 15) is 4.79 Å². The standard InChI is InChI=1S/C12H15ClN2O2/c1-3-17-12(16)10-6-9(5-4-8(10)2)15-11(14)7-13/h4-6H,3,7H2,1-2H3,(H2,14,15). The number of nitrogens with zero attached hydrogens (tertiary/aromatic N) is 1. The smallest absolute Gasteiger partial charge is 0.338 e. The first-order valence-corrected chi connectivity index (χ1v) is 5.78. The highest BCUT2D eigenvalue weighted by Crippen LogP contribution is 2.19. The number of carbonyl (C=O) groups is 1. The topological polar surface area (TPSA) is 64.7 Å². The van der Waals surface area contributed by atoms with Crippen molar-refractivity contribution in [2.24, 2.45) is 10.7 Å². The Morgan fingerprint density at radius 1 is 1.53 bits per heavy atom. The molecule has 0 amide bonds. The van der Waals surface area contributed by atoms with Gasteiger partial charge in [0.05, 0.1) is 23.7 Å². The van der Waals surface area contributed by atoms with Crippen LogP contribution in [-0.4, -0.2) is 24.3 Å². The highest BCUT2D eigenvalue weighted by molar-refractivity contribution is 6.28. The number of amidine groups is 1. The molecular formula is C12H15ClN2O2. The first-order valence-electron chi connectivity index (χ1n) is 5.25. The SMILES string of the molecule is CCOC(=O)c1cc(N=C(N)CCl)ccc1C. The summed E-state index contributed by atoms with van der Waals surface area (Å²) in [5, 5.41) is 0. The molecule has 0 unspecified atom stereocenters. The quantitative estimate of drug-likeness (QED) is 0.388. The molecule has 0 bridgehead atoms. The van der Waals surface area contributed by atoms with E-state index in [0.29, 0.717) is 23.7 Å². The summed E-state index contributed by atoms with van der Waals surface area (Å²) >= 11 is 5.54. The van der Waals surface area contributed by atoms with Gasteiger partial charge in [0.15, 0.2) is 0 Å². The number of alkyl halides is 1. The van der Waals surface area contributed by atoms with Crippen molar-refractivity contribution in [3.8, 4) is 0 Å². The summed E-state index contributed by atoms with van der Waals surface area (Å²) in [6.07, 6.45) is 0. The number of hydrogen-bond acceptors (Lipinski definition) is 3. The molecule has 0 radical (unpaired) electrons. The third kappa shape index (κ3) is 3.75. The largest absolute Gasteiger partial charge is 0.462 e. The number of aliphatic imine (C=N–C) groups is 1. The molecule has 0 atom stereocenters. The third-order valence-electron chi connectivity index (χ3n) is 2.13. The van der Waals surface area contributed by atoms with Gasteiger partial charge in [-0.3, -0.25) is 0 Å². The van der Waals surface area contributed by atoms with Crippen LogP contribution < -0.4 is 5.73 Å². The van der Waals surface area contributed by atoms with E-state index in [1.807, 2.05) is 6.92 Å². The third-order valence-corrected chi connectivity index (χ3v) is 2.40. The van der Waals surface area contributed by atoms with Gasteiger partial charge in [-0.2, -0.15) is 0 Å². The minimum Gasteiger partial charge on any atom is -0.462 e. The van der Waals surface area contributed by atoms with Gasteiger partial charge >= 0.3 is 5.97 Å². The van der Waals surface area contributed by atoms with Gasteiger partial charge in [-0.1, -0.05) is 6.07 Å². The van der Waals surface area contributed by atoms with E-state index in [4.69, 9.17) is 22.1 Å². The van der Waals surface area contributed by atoms with Crippen LogP contribution in [0.25, 0.3) is 0 Å². The lowest BCUT2D eigenvalue weighted by molar-refractivity contribution is 0.0525. The van der Waals surface area contributed by atoms with Crippen molar-refractivity contribution in [1.29, 1.82) is 0 Å². The molecule has 0 aliphatic heterocycles. The van der Waals surface area contributed by atoms with Crippen molar-refractivity contribution >= 4 is 29.1 Å². The normalized spacial score (nSPS) is 11.4. The second kappa shape index (κ2) is 6.25. The Morgan fingerprint density at radius 3 is 2.82 bits per heavy atom.